The first-order chi connectivity index (χ1) is 16.3. The number of aryl methyl sites for hydroxylation is 3. The Kier molecular flexibility index (Phi) is 5.26. The van der Waals surface area contributed by atoms with Crippen molar-refractivity contribution in [2.75, 3.05) is 0 Å². The van der Waals surface area contributed by atoms with Gasteiger partial charge in [0.15, 0.2) is 0 Å². The Balaban J connectivity index is 1.97. The van der Waals surface area contributed by atoms with Gasteiger partial charge in [0.2, 0.25) is 11.2 Å². The maximum absolute atomic E-state index is 14.1. The molecule has 0 aliphatic rings. The molecule has 0 saturated heterocycles. The van der Waals surface area contributed by atoms with Crippen molar-refractivity contribution in [3.8, 4) is 11.3 Å². The van der Waals surface area contributed by atoms with Crippen LogP contribution >= 0.6 is 0 Å². The summed E-state index contributed by atoms with van der Waals surface area (Å²) < 4.78 is 22.8. The van der Waals surface area contributed by atoms with Crippen molar-refractivity contribution < 1.29 is 13.4 Å². The zero-order valence-electron chi connectivity index (χ0n) is 22.4. The monoisotopic (exact) mass is 484 g/mol. The van der Waals surface area contributed by atoms with Crippen molar-refractivity contribution in [2.24, 2.45) is 7.05 Å². The van der Waals surface area contributed by atoms with Gasteiger partial charge in [0.25, 0.3) is 0 Å². The first kappa shape index (κ1) is 23.7. The van der Waals surface area contributed by atoms with Crippen LogP contribution in [0.15, 0.2) is 52.9 Å². The van der Waals surface area contributed by atoms with Crippen LogP contribution in [0, 0.1) is 26.6 Å². The first-order valence-corrected chi connectivity index (χ1v) is 15.4. The topological polar surface area (TPSA) is 17.0 Å². The van der Waals surface area contributed by atoms with Gasteiger partial charge in [-0.2, -0.15) is 4.57 Å². The van der Waals surface area contributed by atoms with Crippen molar-refractivity contribution in [1.82, 2.24) is 0 Å². The Morgan fingerprint density at radius 1 is 0.857 bits per heavy atom. The van der Waals surface area contributed by atoms with E-state index >= 15 is 0 Å². The second-order valence-corrected chi connectivity index (χ2v) is 17.0. The van der Waals surface area contributed by atoms with Gasteiger partial charge in [0, 0.05) is 34.4 Å². The number of rotatable bonds is 2. The van der Waals surface area contributed by atoms with E-state index in [4.69, 9.17) is 4.42 Å². The van der Waals surface area contributed by atoms with Crippen LogP contribution in [0.2, 0.25) is 18.1 Å². The van der Waals surface area contributed by atoms with Gasteiger partial charge in [-0.1, -0.05) is 45.5 Å². The van der Waals surface area contributed by atoms with Crippen LogP contribution in [0.1, 0.15) is 37.5 Å². The van der Waals surface area contributed by atoms with E-state index in [1.807, 2.05) is 6.07 Å². The fraction of sp³-hybridized carbons (Fsp3) is 0.323. The molecular weight excluding hydrogens is 449 g/mol. The smallest absolute Gasteiger partial charge is 0.216 e. The number of hydrogen-bond donors (Lipinski definition) is 0. The molecule has 4 heteroatoms. The minimum atomic E-state index is -1.89. The van der Waals surface area contributed by atoms with Gasteiger partial charge in [-0.05, 0) is 66.4 Å². The predicted octanol–water partition coefficient (Wildman–Crippen LogP) is 8.01. The number of furan rings is 1. The quantitative estimate of drug-likeness (QED) is 0.183. The maximum atomic E-state index is 14.1. The second-order valence-electron chi connectivity index (χ2n) is 11.7. The van der Waals surface area contributed by atoms with E-state index in [0.29, 0.717) is 5.58 Å². The summed E-state index contributed by atoms with van der Waals surface area (Å²) in [6, 6.07) is 16.2. The Labute approximate surface area is 208 Å². The highest BCUT2D eigenvalue weighted by Crippen LogP contribution is 2.41. The van der Waals surface area contributed by atoms with Gasteiger partial charge in [0.05, 0.1) is 13.6 Å². The summed E-state index contributed by atoms with van der Waals surface area (Å²) in [7, 11) is 0.264. The van der Waals surface area contributed by atoms with E-state index in [0.717, 1.165) is 27.6 Å². The molecule has 180 valence electrons. The van der Waals surface area contributed by atoms with E-state index in [9.17, 15) is 4.39 Å². The third-order valence-electron chi connectivity index (χ3n) is 8.50. The summed E-state index contributed by atoms with van der Waals surface area (Å²) in [6.07, 6.45) is 0. The number of pyridine rings is 1. The molecule has 0 aliphatic carbocycles. The predicted molar refractivity (Wildman–Crippen MR) is 149 cm³/mol. The van der Waals surface area contributed by atoms with E-state index in [-0.39, 0.29) is 10.9 Å². The van der Waals surface area contributed by atoms with Gasteiger partial charge in [-0.25, -0.2) is 4.39 Å². The van der Waals surface area contributed by atoms with Crippen LogP contribution in [0.25, 0.3) is 44.1 Å². The first-order valence-electron chi connectivity index (χ1n) is 12.4. The minimum absolute atomic E-state index is 0.189. The molecule has 0 unspecified atom stereocenters. The second kappa shape index (κ2) is 7.76. The fourth-order valence-electron chi connectivity index (χ4n) is 5.18. The Morgan fingerprint density at radius 3 is 2.26 bits per heavy atom. The lowest BCUT2D eigenvalue weighted by Gasteiger charge is -2.38. The molecule has 0 atom stereocenters. The summed E-state index contributed by atoms with van der Waals surface area (Å²) in [4.78, 5) is 0. The summed E-state index contributed by atoms with van der Waals surface area (Å²) >= 11 is 0. The molecule has 0 saturated carbocycles. The molecule has 0 amide bonds. The van der Waals surface area contributed by atoms with Crippen molar-refractivity contribution in [3.63, 3.8) is 0 Å². The normalized spacial score (nSPS) is 12.9. The molecule has 0 bridgehead atoms. The van der Waals surface area contributed by atoms with Gasteiger partial charge in [0.1, 0.15) is 24.0 Å². The van der Waals surface area contributed by atoms with Crippen molar-refractivity contribution in [2.45, 2.75) is 59.7 Å². The molecule has 2 heterocycles. The molecule has 0 radical (unpaired) electrons. The molecule has 35 heavy (non-hydrogen) atoms. The summed E-state index contributed by atoms with van der Waals surface area (Å²) in [6.45, 7) is 18.6. The number of benzene rings is 3. The third-order valence-corrected chi connectivity index (χ3v) is 14.0. The number of hydrogen-bond acceptors (Lipinski definition) is 1. The van der Waals surface area contributed by atoms with E-state index in [1.165, 1.54) is 44.9 Å². The summed E-state index contributed by atoms with van der Waals surface area (Å²) in [5.74, 6) is -0.279. The molecule has 2 nitrogen and oxygen atoms in total. The number of halogens is 1. The lowest BCUT2D eigenvalue weighted by molar-refractivity contribution is -0.633. The summed E-state index contributed by atoms with van der Waals surface area (Å²) in [5.41, 5.74) is 8.57. The number of nitrogens with zero attached hydrogens (tertiary/aromatic N) is 1. The fourth-order valence-corrected chi connectivity index (χ4v) is 7.36. The Morgan fingerprint density at radius 2 is 1.57 bits per heavy atom. The van der Waals surface area contributed by atoms with Crippen LogP contribution in [0.5, 0.6) is 0 Å². The standard InChI is InChI=1S/C31H35FNOSi/c1-18-10-13-25-24(14-18)28(35(8,9)31(4,5)6)17-26(33(25)7)29-20(3)19(2)15-23-22-12-11-21(32)16-27(22)34-30(23)29/h10-17H,1-9H3/q+1. The van der Waals surface area contributed by atoms with Gasteiger partial charge in [-0.15, -0.1) is 0 Å². The highest BCUT2D eigenvalue weighted by Gasteiger charge is 2.40. The maximum Gasteiger partial charge on any atom is 0.216 e. The largest absolute Gasteiger partial charge is 0.455 e. The van der Waals surface area contributed by atoms with Crippen LogP contribution in [0.3, 0.4) is 0 Å². The van der Waals surface area contributed by atoms with Gasteiger partial charge in [-0.3, -0.25) is 0 Å². The molecule has 2 aromatic heterocycles. The highest BCUT2D eigenvalue weighted by atomic mass is 28.3. The average Bonchev–Trinajstić information content (AvgIpc) is 3.11. The zero-order valence-corrected chi connectivity index (χ0v) is 23.4. The summed E-state index contributed by atoms with van der Waals surface area (Å²) in [5, 5.41) is 4.99. The number of fused-ring (bicyclic) bond motifs is 4. The van der Waals surface area contributed by atoms with Crippen LogP contribution < -0.4 is 9.75 Å². The van der Waals surface area contributed by atoms with Gasteiger partial charge < -0.3 is 4.42 Å². The molecule has 0 fully saturated rings. The highest BCUT2D eigenvalue weighted by molar-refractivity contribution is 6.93. The molecule has 0 spiro atoms. The van der Waals surface area contributed by atoms with Crippen molar-refractivity contribution >= 4 is 46.1 Å². The lowest BCUT2D eigenvalue weighted by atomic mass is 9.95. The molecule has 5 rings (SSSR count). The van der Waals surface area contributed by atoms with Crippen LogP contribution in [-0.2, 0) is 7.05 Å². The van der Waals surface area contributed by atoms with Crippen LogP contribution in [0.4, 0.5) is 4.39 Å². The van der Waals surface area contributed by atoms with E-state index < -0.39 is 8.07 Å². The minimum Gasteiger partial charge on any atom is -0.455 e. The third kappa shape index (κ3) is 3.53. The molecule has 0 aliphatic heterocycles. The molecule has 5 aromatic rings. The Bertz CT molecular complexity index is 1650. The van der Waals surface area contributed by atoms with Crippen LogP contribution in [-0.4, -0.2) is 8.07 Å². The van der Waals surface area contributed by atoms with E-state index in [2.05, 4.69) is 96.6 Å². The van der Waals surface area contributed by atoms with Gasteiger partial charge >= 0.3 is 0 Å². The lowest BCUT2D eigenvalue weighted by Crippen LogP contribution is -2.51. The SMILES string of the molecule is Cc1ccc2c(c1)c([Si](C)(C)C(C)(C)C)cc(-c1c(C)c(C)cc3c1oc1cc(F)ccc13)[n+]2C. The Hall–Kier alpha value is -2.98. The van der Waals surface area contributed by atoms with Crippen molar-refractivity contribution in [3.05, 3.63) is 71.0 Å². The van der Waals surface area contributed by atoms with Crippen molar-refractivity contribution in [1.29, 1.82) is 0 Å². The average molecular weight is 485 g/mol. The molecular formula is C31H35FNOSi+. The zero-order chi connectivity index (χ0) is 25.4. The molecule has 0 N–H and O–H groups in total. The molecule has 3 aromatic carbocycles. The van der Waals surface area contributed by atoms with E-state index in [1.54, 1.807) is 0 Å². The number of aromatic nitrogens is 1.